The van der Waals surface area contributed by atoms with Gasteiger partial charge in [-0.05, 0) is 31.7 Å². The lowest BCUT2D eigenvalue weighted by molar-refractivity contribution is 0.0383. The Morgan fingerprint density at radius 2 is 2.12 bits per heavy atom. The van der Waals surface area contributed by atoms with Crippen LogP contribution in [0, 0.1) is 12.8 Å². The molecule has 2 fully saturated rings. The Labute approximate surface area is 149 Å². The van der Waals surface area contributed by atoms with Gasteiger partial charge in [0, 0.05) is 45.0 Å². The fourth-order valence-corrected chi connectivity index (χ4v) is 3.42. The summed E-state index contributed by atoms with van der Waals surface area (Å²) in [4.78, 5) is 26.0. The highest BCUT2D eigenvalue weighted by Crippen LogP contribution is 2.20. The predicted molar refractivity (Wildman–Crippen MR) is 97.0 cm³/mol. The third-order valence-corrected chi connectivity index (χ3v) is 4.83. The second-order valence-electron chi connectivity index (χ2n) is 7.10. The highest BCUT2D eigenvalue weighted by Gasteiger charge is 2.20. The van der Waals surface area contributed by atoms with Crippen LogP contribution in [0.4, 0.5) is 5.95 Å². The van der Waals surface area contributed by atoms with E-state index in [1.54, 1.807) is 6.07 Å². The Morgan fingerprint density at radius 1 is 1.32 bits per heavy atom. The molecule has 7 nitrogen and oxygen atoms in total. The summed E-state index contributed by atoms with van der Waals surface area (Å²) < 4.78 is 5.34. The van der Waals surface area contributed by atoms with Gasteiger partial charge >= 0.3 is 0 Å². The third kappa shape index (κ3) is 5.12. The number of hydrogen-bond acceptors (Lipinski definition) is 6. The van der Waals surface area contributed by atoms with Crippen molar-refractivity contribution < 1.29 is 9.53 Å². The molecule has 0 bridgehead atoms. The number of aromatic nitrogens is 2. The SMILES string of the molecule is Cc1cc(C(=O)NCCN2CCOCC2)nc(N2CCCC(C)C2)n1. The smallest absolute Gasteiger partial charge is 0.270 e. The third-order valence-electron chi connectivity index (χ3n) is 4.83. The lowest BCUT2D eigenvalue weighted by atomic mass is 10.0. The standard InChI is InChI=1S/C18H29N5O2/c1-14-4-3-6-23(13-14)18-20-15(2)12-16(21-18)17(24)19-5-7-22-8-10-25-11-9-22/h12,14H,3-11,13H2,1-2H3,(H,19,24). The zero-order valence-corrected chi connectivity index (χ0v) is 15.3. The summed E-state index contributed by atoms with van der Waals surface area (Å²) in [5.74, 6) is 1.21. The van der Waals surface area contributed by atoms with Gasteiger partial charge < -0.3 is 15.0 Å². The number of piperidine rings is 1. The van der Waals surface area contributed by atoms with Crippen molar-refractivity contribution in [3.05, 3.63) is 17.5 Å². The van der Waals surface area contributed by atoms with Crippen molar-refractivity contribution in [3.63, 3.8) is 0 Å². The molecule has 3 heterocycles. The van der Waals surface area contributed by atoms with Gasteiger partial charge in [-0.3, -0.25) is 9.69 Å². The summed E-state index contributed by atoms with van der Waals surface area (Å²) in [5.41, 5.74) is 1.30. The van der Waals surface area contributed by atoms with Gasteiger partial charge in [0.1, 0.15) is 5.69 Å². The van der Waals surface area contributed by atoms with Crippen molar-refractivity contribution in [1.82, 2.24) is 20.2 Å². The molecule has 3 rings (SSSR count). The lowest BCUT2D eigenvalue weighted by Crippen LogP contribution is -2.41. The molecule has 1 amide bonds. The predicted octanol–water partition coefficient (Wildman–Crippen LogP) is 1.08. The van der Waals surface area contributed by atoms with Crippen LogP contribution in [0.2, 0.25) is 0 Å². The molecular formula is C18H29N5O2. The number of ether oxygens (including phenoxy) is 1. The molecule has 2 saturated heterocycles. The fourth-order valence-electron chi connectivity index (χ4n) is 3.42. The molecule has 1 aromatic heterocycles. The zero-order valence-electron chi connectivity index (χ0n) is 15.3. The van der Waals surface area contributed by atoms with Crippen molar-refractivity contribution in [2.45, 2.75) is 26.7 Å². The first kappa shape index (κ1) is 18.1. The minimum absolute atomic E-state index is 0.120. The monoisotopic (exact) mass is 347 g/mol. The van der Waals surface area contributed by atoms with Crippen molar-refractivity contribution in [3.8, 4) is 0 Å². The molecule has 1 unspecified atom stereocenters. The number of hydrogen-bond donors (Lipinski definition) is 1. The molecule has 0 spiro atoms. The number of anilines is 1. The summed E-state index contributed by atoms with van der Waals surface area (Å²) in [6, 6.07) is 1.76. The van der Waals surface area contributed by atoms with Crippen LogP contribution in [-0.2, 0) is 4.74 Å². The molecule has 7 heteroatoms. The molecular weight excluding hydrogens is 318 g/mol. The van der Waals surface area contributed by atoms with Crippen LogP contribution < -0.4 is 10.2 Å². The Kier molecular flexibility index (Phi) is 6.20. The molecule has 138 valence electrons. The first-order chi connectivity index (χ1) is 12.1. The van der Waals surface area contributed by atoms with E-state index in [2.05, 4.69) is 32.0 Å². The van der Waals surface area contributed by atoms with Crippen LogP contribution in [0.5, 0.6) is 0 Å². The van der Waals surface area contributed by atoms with Crippen molar-refractivity contribution in [1.29, 1.82) is 0 Å². The van der Waals surface area contributed by atoms with E-state index in [0.29, 0.717) is 24.1 Å². The maximum Gasteiger partial charge on any atom is 0.270 e. The van der Waals surface area contributed by atoms with E-state index in [9.17, 15) is 4.79 Å². The number of morpholine rings is 1. The minimum atomic E-state index is -0.120. The van der Waals surface area contributed by atoms with Gasteiger partial charge in [0.05, 0.1) is 13.2 Å². The van der Waals surface area contributed by atoms with Gasteiger partial charge in [0.15, 0.2) is 0 Å². The average molecular weight is 347 g/mol. The Balaban J connectivity index is 1.58. The van der Waals surface area contributed by atoms with Crippen LogP contribution >= 0.6 is 0 Å². The van der Waals surface area contributed by atoms with Crippen LogP contribution in [0.1, 0.15) is 35.9 Å². The number of amides is 1. The quantitative estimate of drug-likeness (QED) is 0.860. The van der Waals surface area contributed by atoms with E-state index < -0.39 is 0 Å². The van der Waals surface area contributed by atoms with Crippen LogP contribution in [-0.4, -0.2) is 73.3 Å². The van der Waals surface area contributed by atoms with Gasteiger partial charge in [0.25, 0.3) is 5.91 Å². The minimum Gasteiger partial charge on any atom is -0.379 e. The second kappa shape index (κ2) is 8.58. The summed E-state index contributed by atoms with van der Waals surface area (Å²) in [6.07, 6.45) is 2.40. The molecule has 1 N–H and O–H groups in total. The molecule has 2 aliphatic heterocycles. The van der Waals surface area contributed by atoms with Gasteiger partial charge in [-0.25, -0.2) is 9.97 Å². The van der Waals surface area contributed by atoms with E-state index >= 15 is 0 Å². The number of nitrogens with one attached hydrogen (secondary N) is 1. The number of nitrogens with zero attached hydrogens (tertiary/aromatic N) is 4. The van der Waals surface area contributed by atoms with E-state index in [1.807, 2.05) is 6.92 Å². The molecule has 25 heavy (non-hydrogen) atoms. The van der Waals surface area contributed by atoms with Gasteiger partial charge in [-0.1, -0.05) is 6.92 Å². The molecule has 1 atom stereocenters. The lowest BCUT2D eigenvalue weighted by Gasteiger charge is -2.31. The molecule has 2 aliphatic rings. The largest absolute Gasteiger partial charge is 0.379 e. The van der Waals surface area contributed by atoms with Crippen LogP contribution in [0.3, 0.4) is 0 Å². The summed E-state index contributed by atoms with van der Waals surface area (Å²) in [6.45, 7) is 11.0. The molecule has 0 radical (unpaired) electrons. The maximum atomic E-state index is 12.5. The molecule has 0 aromatic carbocycles. The van der Waals surface area contributed by atoms with Gasteiger partial charge in [0.2, 0.25) is 5.95 Å². The number of rotatable bonds is 5. The first-order valence-corrected chi connectivity index (χ1v) is 9.31. The molecule has 0 aliphatic carbocycles. The van der Waals surface area contributed by atoms with E-state index in [0.717, 1.165) is 58.1 Å². The normalized spacial score (nSPS) is 22.0. The Bertz CT molecular complexity index is 589. The van der Waals surface area contributed by atoms with E-state index in [-0.39, 0.29) is 5.91 Å². The number of aryl methyl sites for hydroxylation is 1. The molecule has 1 aromatic rings. The summed E-state index contributed by atoms with van der Waals surface area (Å²) in [7, 11) is 0. The fraction of sp³-hybridized carbons (Fsp3) is 0.722. The topological polar surface area (TPSA) is 70.6 Å². The van der Waals surface area contributed by atoms with Crippen molar-refractivity contribution in [2.24, 2.45) is 5.92 Å². The van der Waals surface area contributed by atoms with Crippen molar-refractivity contribution in [2.75, 3.05) is 57.4 Å². The van der Waals surface area contributed by atoms with E-state index in [4.69, 9.17) is 4.74 Å². The van der Waals surface area contributed by atoms with Gasteiger partial charge in [-0.15, -0.1) is 0 Å². The average Bonchev–Trinajstić information content (AvgIpc) is 2.62. The van der Waals surface area contributed by atoms with Crippen LogP contribution in [0.15, 0.2) is 6.07 Å². The Morgan fingerprint density at radius 3 is 2.88 bits per heavy atom. The number of carbonyl (C=O) groups excluding carboxylic acids is 1. The highest BCUT2D eigenvalue weighted by atomic mass is 16.5. The Hall–Kier alpha value is -1.73. The van der Waals surface area contributed by atoms with Crippen molar-refractivity contribution >= 4 is 11.9 Å². The number of carbonyl (C=O) groups is 1. The zero-order chi connectivity index (χ0) is 17.6. The second-order valence-corrected chi connectivity index (χ2v) is 7.10. The summed E-state index contributed by atoms with van der Waals surface area (Å²) in [5, 5.41) is 2.98. The van der Waals surface area contributed by atoms with Gasteiger partial charge in [-0.2, -0.15) is 0 Å². The van der Waals surface area contributed by atoms with E-state index in [1.165, 1.54) is 6.42 Å². The molecule has 0 saturated carbocycles. The van der Waals surface area contributed by atoms with Crippen LogP contribution in [0.25, 0.3) is 0 Å². The first-order valence-electron chi connectivity index (χ1n) is 9.31. The maximum absolute atomic E-state index is 12.5. The highest BCUT2D eigenvalue weighted by molar-refractivity contribution is 5.92. The summed E-state index contributed by atoms with van der Waals surface area (Å²) >= 11 is 0.